The summed E-state index contributed by atoms with van der Waals surface area (Å²) < 4.78 is 0.828. The lowest BCUT2D eigenvalue weighted by atomic mass is 9.94. The minimum atomic E-state index is -0.960. The van der Waals surface area contributed by atoms with Crippen LogP contribution in [0.3, 0.4) is 0 Å². The molecule has 1 N–H and O–H groups in total. The lowest BCUT2D eigenvalue weighted by molar-refractivity contribution is 0.0699. The second-order valence-corrected chi connectivity index (χ2v) is 7.28. The zero-order chi connectivity index (χ0) is 19.0. The van der Waals surface area contributed by atoms with Crippen LogP contribution >= 0.6 is 15.9 Å². The summed E-state index contributed by atoms with van der Waals surface area (Å²) in [6, 6.07) is 23.4. The Morgan fingerprint density at radius 2 is 1.67 bits per heavy atom. The molecule has 0 aliphatic rings. The Balaban J connectivity index is 1.96. The second-order valence-electron chi connectivity index (χ2n) is 6.37. The maximum atomic E-state index is 11.8. The average Bonchev–Trinajstić information content (AvgIpc) is 2.68. The van der Waals surface area contributed by atoms with Crippen LogP contribution in [0.15, 0.2) is 77.3 Å². The quantitative estimate of drug-likeness (QED) is 0.423. The van der Waals surface area contributed by atoms with Crippen molar-refractivity contribution in [3.8, 4) is 22.4 Å². The van der Waals surface area contributed by atoms with E-state index in [-0.39, 0.29) is 5.56 Å². The summed E-state index contributed by atoms with van der Waals surface area (Å²) in [4.78, 5) is 16.6. The van der Waals surface area contributed by atoms with E-state index in [0.29, 0.717) is 16.6 Å². The first-order valence-electron chi connectivity index (χ1n) is 8.53. The fraction of sp³-hybridized carbons (Fsp3) is 0.0435. The maximum Gasteiger partial charge on any atom is 0.336 e. The van der Waals surface area contributed by atoms with Crippen molar-refractivity contribution in [2.24, 2.45) is 0 Å². The van der Waals surface area contributed by atoms with Crippen LogP contribution in [0.5, 0.6) is 0 Å². The van der Waals surface area contributed by atoms with Gasteiger partial charge in [-0.3, -0.25) is 0 Å². The van der Waals surface area contributed by atoms with Crippen molar-refractivity contribution in [2.45, 2.75) is 6.92 Å². The van der Waals surface area contributed by atoms with Crippen LogP contribution in [0, 0.1) is 6.92 Å². The number of pyridine rings is 1. The molecule has 0 bridgehead atoms. The molecule has 4 rings (SSSR count). The first-order valence-corrected chi connectivity index (χ1v) is 9.33. The normalized spacial score (nSPS) is 10.9. The van der Waals surface area contributed by atoms with Gasteiger partial charge < -0.3 is 5.11 Å². The Bertz CT molecular complexity index is 1170. The minimum absolute atomic E-state index is 0.251. The van der Waals surface area contributed by atoms with E-state index in [2.05, 4.69) is 34.1 Å². The standard InChI is InChI=1S/C23H16BrNO2/c1-14-17(15-6-3-2-4-7-15)8-5-9-18(14)22-13-20(23(26)27)19-12-16(24)10-11-21(19)25-22/h2-13H,1H3,(H,26,27). The molecule has 3 aromatic carbocycles. The van der Waals surface area contributed by atoms with E-state index in [1.807, 2.05) is 49.4 Å². The number of carboxylic acids is 1. The van der Waals surface area contributed by atoms with Gasteiger partial charge >= 0.3 is 5.97 Å². The predicted octanol–water partition coefficient (Wildman–Crippen LogP) is 6.34. The Hall–Kier alpha value is -2.98. The lowest BCUT2D eigenvalue weighted by Crippen LogP contribution is -2.01. The van der Waals surface area contributed by atoms with Gasteiger partial charge in [-0.15, -0.1) is 0 Å². The molecule has 132 valence electrons. The largest absolute Gasteiger partial charge is 0.478 e. The molecule has 0 unspecified atom stereocenters. The van der Waals surface area contributed by atoms with E-state index < -0.39 is 5.97 Å². The molecule has 0 amide bonds. The number of aromatic carboxylic acids is 1. The number of carboxylic acid groups (broad SMARTS) is 1. The van der Waals surface area contributed by atoms with Gasteiger partial charge in [-0.1, -0.05) is 64.5 Å². The Kier molecular flexibility index (Phi) is 4.50. The summed E-state index contributed by atoms with van der Waals surface area (Å²) in [7, 11) is 0. The first kappa shape index (κ1) is 17.4. The number of nitrogens with zero attached hydrogens (tertiary/aromatic N) is 1. The third-order valence-corrected chi connectivity index (χ3v) is 5.19. The highest BCUT2D eigenvalue weighted by Crippen LogP contribution is 2.33. The van der Waals surface area contributed by atoms with Crippen molar-refractivity contribution in [3.05, 3.63) is 88.4 Å². The minimum Gasteiger partial charge on any atom is -0.478 e. The van der Waals surface area contributed by atoms with Crippen molar-refractivity contribution in [3.63, 3.8) is 0 Å². The zero-order valence-electron chi connectivity index (χ0n) is 14.6. The summed E-state index contributed by atoms with van der Waals surface area (Å²) in [5, 5.41) is 10.3. The van der Waals surface area contributed by atoms with Crippen LogP contribution in [-0.2, 0) is 0 Å². The smallest absolute Gasteiger partial charge is 0.336 e. The number of hydrogen-bond donors (Lipinski definition) is 1. The monoisotopic (exact) mass is 417 g/mol. The van der Waals surface area contributed by atoms with Crippen molar-refractivity contribution in [1.82, 2.24) is 4.98 Å². The number of hydrogen-bond acceptors (Lipinski definition) is 2. The number of benzene rings is 3. The van der Waals surface area contributed by atoms with Crippen molar-refractivity contribution >= 4 is 32.8 Å². The molecule has 0 atom stereocenters. The van der Waals surface area contributed by atoms with Gasteiger partial charge in [-0.05, 0) is 47.9 Å². The Morgan fingerprint density at radius 1 is 0.926 bits per heavy atom. The van der Waals surface area contributed by atoms with E-state index in [9.17, 15) is 9.90 Å². The molecule has 4 aromatic rings. The van der Waals surface area contributed by atoms with E-state index in [1.165, 1.54) is 0 Å². The van der Waals surface area contributed by atoms with Crippen LogP contribution in [-0.4, -0.2) is 16.1 Å². The Morgan fingerprint density at radius 3 is 2.41 bits per heavy atom. The highest BCUT2D eigenvalue weighted by atomic mass is 79.9. The first-order chi connectivity index (χ1) is 13.0. The second kappa shape index (κ2) is 6.97. The van der Waals surface area contributed by atoms with E-state index >= 15 is 0 Å². The molecule has 0 saturated carbocycles. The van der Waals surface area contributed by atoms with Gasteiger partial charge in [0.05, 0.1) is 16.8 Å². The average molecular weight is 418 g/mol. The Labute approximate surface area is 165 Å². The number of aromatic nitrogens is 1. The summed E-state index contributed by atoms with van der Waals surface area (Å²) in [6.07, 6.45) is 0. The van der Waals surface area contributed by atoms with Crippen LogP contribution in [0.2, 0.25) is 0 Å². The third-order valence-electron chi connectivity index (χ3n) is 4.70. The SMILES string of the molecule is Cc1c(-c2ccccc2)cccc1-c1cc(C(=O)O)c2cc(Br)ccc2n1. The molecular formula is C23H16BrNO2. The van der Waals surface area contributed by atoms with Gasteiger partial charge in [-0.25, -0.2) is 9.78 Å². The van der Waals surface area contributed by atoms with E-state index in [1.54, 1.807) is 12.1 Å². The van der Waals surface area contributed by atoms with Gasteiger partial charge in [0.2, 0.25) is 0 Å². The molecule has 0 aliphatic carbocycles. The molecule has 1 heterocycles. The fourth-order valence-corrected chi connectivity index (χ4v) is 3.72. The third kappa shape index (κ3) is 3.24. The van der Waals surface area contributed by atoms with Crippen molar-refractivity contribution in [1.29, 1.82) is 0 Å². The van der Waals surface area contributed by atoms with E-state index in [4.69, 9.17) is 4.98 Å². The van der Waals surface area contributed by atoms with Gasteiger partial charge in [-0.2, -0.15) is 0 Å². The zero-order valence-corrected chi connectivity index (χ0v) is 16.2. The van der Waals surface area contributed by atoms with Gasteiger partial charge in [0.15, 0.2) is 0 Å². The summed E-state index contributed by atoms with van der Waals surface area (Å²) in [5.74, 6) is -0.960. The number of halogens is 1. The van der Waals surface area contributed by atoms with Crippen molar-refractivity contribution in [2.75, 3.05) is 0 Å². The molecule has 0 saturated heterocycles. The maximum absolute atomic E-state index is 11.8. The molecule has 3 nitrogen and oxygen atoms in total. The number of rotatable bonds is 3. The number of fused-ring (bicyclic) bond motifs is 1. The molecular weight excluding hydrogens is 402 g/mol. The molecule has 0 aliphatic heterocycles. The molecule has 4 heteroatoms. The molecule has 0 fully saturated rings. The van der Waals surface area contributed by atoms with Crippen LogP contribution in [0.4, 0.5) is 0 Å². The topological polar surface area (TPSA) is 50.2 Å². The highest BCUT2D eigenvalue weighted by molar-refractivity contribution is 9.10. The van der Waals surface area contributed by atoms with Crippen molar-refractivity contribution < 1.29 is 9.90 Å². The summed E-state index contributed by atoms with van der Waals surface area (Å²) in [5.41, 5.74) is 5.83. The lowest BCUT2D eigenvalue weighted by Gasteiger charge is -2.13. The number of carbonyl (C=O) groups is 1. The predicted molar refractivity (Wildman–Crippen MR) is 112 cm³/mol. The van der Waals surface area contributed by atoms with Crippen LogP contribution in [0.1, 0.15) is 15.9 Å². The molecule has 0 spiro atoms. The van der Waals surface area contributed by atoms with Gasteiger partial charge in [0, 0.05) is 15.4 Å². The molecule has 27 heavy (non-hydrogen) atoms. The van der Waals surface area contributed by atoms with Gasteiger partial charge in [0.1, 0.15) is 0 Å². The van der Waals surface area contributed by atoms with E-state index in [0.717, 1.165) is 26.7 Å². The fourth-order valence-electron chi connectivity index (χ4n) is 3.36. The van der Waals surface area contributed by atoms with Crippen LogP contribution < -0.4 is 0 Å². The molecule has 1 aromatic heterocycles. The summed E-state index contributed by atoms with van der Waals surface area (Å²) in [6.45, 7) is 2.05. The molecule has 0 radical (unpaired) electrons. The highest BCUT2D eigenvalue weighted by Gasteiger charge is 2.15. The van der Waals surface area contributed by atoms with Crippen LogP contribution in [0.25, 0.3) is 33.3 Å². The summed E-state index contributed by atoms with van der Waals surface area (Å²) >= 11 is 3.41. The van der Waals surface area contributed by atoms with Gasteiger partial charge in [0.25, 0.3) is 0 Å².